The van der Waals surface area contributed by atoms with Gasteiger partial charge in [0.25, 0.3) is 5.69 Å². The predicted octanol–water partition coefficient (Wildman–Crippen LogP) is 3.22. The zero-order valence-corrected chi connectivity index (χ0v) is 8.33. The molecule has 0 unspecified atom stereocenters. The van der Waals surface area contributed by atoms with E-state index in [2.05, 4.69) is 20.8 Å². The molecule has 1 aromatic rings. The standard InChI is InChI=1S/C8H5BrN2O2/c1-5-3-6(9)7(10-2)4-8(5)11(12)13/h3-4H,1H3. The van der Waals surface area contributed by atoms with E-state index >= 15 is 0 Å². The van der Waals surface area contributed by atoms with Gasteiger partial charge in [0.15, 0.2) is 0 Å². The molecule has 1 rings (SSSR count). The van der Waals surface area contributed by atoms with E-state index < -0.39 is 4.92 Å². The van der Waals surface area contributed by atoms with Gasteiger partial charge in [-0.05, 0) is 13.0 Å². The Kier molecular flexibility index (Phi) is 2.63. The van der Waals surface area contributed by atoms with Crippen LogP contribution in [0.4, 0.5) is 11.4 Å². The van der Waals surface area contributed by atoms with E-state index in [1.54, 1.807) is 13.0 Å². The Morgan fingerprint density at radius 2 is 2.23 bits per heavy atom. The van der Waals surface area contributed by atoms with Crippen molar-refractivity contribution in [2.45, 2.75) is 6.92 Å². The average Bonchev–Trinajstić information content (AvgIpc) is 2.03. The van der Waals surface area contributed by atoms with Gasteiger partial charge >= 0.3 is 0 Å². The molecule has 0 amide bonds. The molecule has 0 aliphatic rings. The highest BCUT2D eigenvalue weighted by molar-refractivity contribution is 9.10. The Morgan fingerprint density at radius 1 is 1.62 bits per heavy atom. The summed E-state index contributed by atoms with van der Waals surface area (Å²) in [5.41, 5.74) is 0.788. The molecule has 0 N–H and O–H groups in total. The molecule has 13 heavy (non-hydrogen) atoms. The maximum absolute atomic E-state index is 10.5. The van der Waals surface area contributed by atoms with Gasteiger partial charge in [0.2, 0.25) is 5.69 Å². The quantitative estimate of drug-likeness (QED) is 0.430. The molecule has 66 valence electrons. The van der Waals surface area contributed by atoms with Gasteiger partial charge in [-0.15, -0.1) is 0 Å². The third kappa shape index (κ3) is 1.84. The molecule has 0 fully saturated rings. The molecule has 5 heteroatoms. The summed E-state index contributed by atoms with van der Waals surface area (Å²) < 4.78 is 0.589. The minimum Gasteiger partial charge on any atom is -0.258 e. The van der Waals surface area contributed by atoms with Crippen molar-refractivity contribution in [2.75, 3.05) is 0 Å². The van der Waals surface area contributed by atoms with Crippen LogP contribution in [0.2, 0.25) is 0 Å². The smallest absolute Gasteiger partial charge is 0.258 e. The summed E-state index contributed by atoms with van der Waals surface area (Å²) in [4.78, 5) is 13.2. The Hall–Kier alpha value is -1.41. The predicted molar refractivity (Wildman–Crippen MR) is 51.8 cm³/mol. The number of nitrogens with zero attached hydrogens (tertiary/aromatic N) is 2. The van der Waals surface area contributed by atoms with Gasteiger partial charge in [0, 0.05) is 16.1 Å². The first-order chi connectivity index (χ1) is 6.06. The molecule has 4 nitrogen and oxygen atoms in total. The molecule has 0 aliphatic carbocycles. The molecule has 0 aliphatic heterocycles. The topological polar surface area (TPSA) is 47.5 Å². The molecule has 1 aromatic carbocycles. The van der Waals surface area contributed by atoms with Crippen molar-refractivity contribution in [3.05, 3.63) is 43.7 Å². The minimum atomic E-state index is -0.490. The van der Waals surface area contributed by atoms with E-state index in [1.807, 2.05) is 0 Å². The summed E-state index contributed by atoms with van der Waals surface area (Å²) >= 11 is 3.15. The van der Waals surface area contributed by atoms with Crippen LogP contribution in [0.1, 0.15) is 5.56 Å². The van der Waals surface area contributed by atoms with Crippen LogP contribution in [0.3, 0.4) is 0 Å². The normalized spacial score (nSPS) is 9.31. The van der Waals surface area contributed by atoms with Crippen LogP contribution < -0.4 is 0 Å². The van der Waals surface area contributed by atoms with Gasteiger partial charge in [-0.2, -0.15) is 0 Å². The fraction of sp³-hybridized carbons (Fsp3) is 0.125. The highest BCUT2D eigenvalue weighted by Gasteiger charge is 2.13. The Bertz CT molecular complexity index is 409. The van der Waals surface area contributed by atoms with E-state index in [0.717, 1.165) is 0 Å². The number of halogens is 1. The Balaban J connectivity index is 3.41. The lowest BCUT2D eigenvalue weighted by molar-refractivity contribution is -0.385. The van der Waals surface area contributed by atoms with Crippen molar-refractivity contribution in [3.8, 4) is 0 Å². The largest absolute Gasteiger partial charge is 0.262 e. The number of hydrogen-bond acceptors (Lipinski definition) is 2. The van der Waals surface area contributed by atoms with Gasteiger partial charge < -0.3 is 0 Å². The van der Waals surface area contributed by atoms with Gasteiger partial charge in [0.05, 0.1) is 11.5 Å². The average molecular weight is 241 g/mol. The summed E-state index contributed by atoms with van der Waals surface area (Å²) in [5.74, 6) is 0. The highest BCUT2D eigenvalue weighted by atomic mass is 79.9. The fourth-order valence-corrected chi connectivity index (χ4v) is 1.48. The van der Waals surface area contributed by atoms with Crippen LogP contribution in [-0.4, -0.2) is 4.92 Å². The number of hydrogen-bond donors (Lipinski definition) is 0. The van der Waals surface area contributed by atoms with Crippen molar-refractivity contribution < 1.29 is 4.92 Å². The monoisotopic (exact) mass is 240 g/mol. The number of nitro groups is 1. The van der Waals surface area contributed by atoms with Gasteiger partial charge in [0.1, 0.15) is 0 Å². The lowest BCUT2D eigenvalue weighted by atomic mass is 10.2. The summed E-state index contributed by atoms with van der Waals surface area (Å²) in [6, 6.07) is 2.85. The first kappa shape index (κ1) is 9.68. The van der Waals surface area contributed by atoms with Gasteiger partial charge in [-0.25, -0.2) is 4.85 Å². The van der Waals surface area contributed by atoms with E-state index in [4.69, 9.17) is 6.57 Å². The van der Waals surface area contributed by atoms with Crippen LogP contribution in [0.5, 0.6) is 0 Å². The van der Waals surface area contributed by atoms with Gasteiger partial charge in [-0.1, -0.05) is 15.9 Å². The molecule has 0 radical (unpaired) electrons. The lowest BCUT2D eigenvalue weighted by Gasteiger charge is -1.99. The van der Waals surface area contributed by atoms with Crippen molar-refractivity contribution in [2.24, 2.45) is 0 Å². The molecular formula is C8H5BrN2O2. The van der Waals surface area contributed by atoms with Crippen molar-refractivity contribution in [1.29, 1.82) is 0 Å². The second-order valence-electron chi connectivity index (χ2n) is 2.46. The molecule has 0 atom stereocenters. The summed E-state index contributed by atoms with van der Waals surface area (Å²) in [7, 11) is 0. The SMILES string of the molecule is [C-]#[N+]c1cc([N+](=O)[O-])c(C)cc1Br. The van der Waals surface area contributed by atoms with E-state index in [0.29, 0.717) is 10.0 Å². The van der Waals surface area contributed by atoms with Crippen molar-refractivity contribution >= 4 is 27.3 Å². The zero-order chi connectivity index (χ0) is 10.0. The maximum atomic E-state index is 10.5. The summed E-state index contributed by atoms with van der Waals surface area (Å²) in [5, 5.41) is 10.5. The summed E-state index contributed by atoms with van der Waals surface area (Å²) in [6.07, 6.45) is 0. The van der Waals surface area contributed by atoms with Crippen LogP contribution >= 0.6 is 15.9 Å². The molecular weight excluding hydrogens is 236 g/mol. The van der Waals surface area contributed by atoms with Crippen molar-refractivity contribution in [3.63, 3.8) is 0 Å². The second kappa shape index (κ2) is 3.54. The van der Waals surface area contributed by atoms with E-state index in [-0.39, 0.29) is 11.4 Å². The third-order valence-corrected chi connectivity index (χ3v) is 2.22. The minimum absolute atomic E-state index is 0.0193. The molecule has 0 heterocycles. The lowest BCUT2D eigenvalue weighted by Crippen LogP contribution is -1.90. The highest BCUT2D eigenvalue weighted by Crippen LogP contribution is 2.32. The van der Waals surface area contributed by atoms with E-state index in [9.17, 15) is 10.1 Å². The Morgan fingerprint density at radius 3 is 2.69 bits per heavy atom. The zero-order valence-electron chi connectivity index (χ0n) is 6.74. The third-order valence-electron chi connectivity index (χ3n) is 1.58. The number of aryl methyl sites for hydroxylation is 1. The van der Waals surface area contributed by atoms with Crippen LogP contribution in [0.15, 0.2) is 16.6 Å². The molecule has 0 saturated heterocycles. The molecule has 0 spiro atoms. The first-order valence-corrected chi connectivity index (χ1v) is 4.17. The second-order valence-corrected chi connectivity index (χ2v) is 3.31. The van der Waals surface area contributed by atoms with Crippen LogP contribution in [0.25, 0.3) is 4.85 Å². The maximum Gasteiger partial charge on any atom is 0.262 e. The fourth-order valence-electron chi connectivity index (χ4n) is 0.933. The van der Waals surface area contributed by atoms with Gasteiger partial charge in [-0.3, -0.25) is 10.1 Å². The van der Waals surface area contributed by atoms with Crippen molar-refractivity contribution in [1.82, 2.24) is 0 Å². The molecule has 0 saturated carbocycles. The van der Waals surface area contributed by atoms with Crippen LogP contribution in [-0.2, 0) is 0 Å². The number of benzene rings is 1. The first-order valence-electron chi connectivity index (χ1n) is 3.38. The molecule has 0 bridgehead atoms. The summed E-state index contributed by atoms with van der Waals surface area (Å²) in [6.45, 7) is 8.40. The van der Waals surface area contributed by atoms with Crippen LogP contribution in [0, 0.1) is 23.6 Å². The number of rotatable bonds is 1. The number of nitro benzene ring substituents is 1. The molecule has 0 aromatic heterocycles. The Labute approximate surface area is 83.3 Å². The van der Waals surface area contributed by atoms with E-state index in [1.165, 1.54) is 6.07 Å².